The van der Waals surface area contributed by atoms with Gasteiger partial charge in [-0.25, -0.2) is 0 Å². The molecule has 0 heterocycles. The molecule has 140 valence electrons. The van der Waals surface area contributed by atoms with Crippen LogP contribution >= 0.6 is 0 Å². The second-order valence-corrected chi connectivity index (χ2v) is 5.48. The highest BCUT2D eigenvalue weighted by Gasteiger charge is 2.07. The molecule has 0 radical (unpaired) electrons. The number of para-hydroxylation sites is 1. The summed E-state index contributed by atoms with van der Waals surface area (Å²) in [6.07, 6.45) is 0.831. The number of guanidine groups is 1. The monoisotopic (exact) mass is 357 g/mol. The Morgan fingerprint density at radius 1 is 1.00 bits per heavy atom. The van der Waals surface area contributed by atoms with Crippen molar-refractivity contribution in [3.8, 4) is 17.2 Å². The van der Waals surface area contributed by atoms with Crippen molar-refractivity contribution in [2.45, 2.75) is 13.3 Å². The summed E-state index contributed by atoms with van der Waals surface area (Å²) < 4.78 is 16.3. The third-order valence-electron chi connectivity index (χ3n) is 3.83. The summed E-state index contributed by atoms with van der Waals surface area (Å²) in [6.45, 7) is 3.27. The molecule has 6 heteroatoms. The zero-order valence-corrected chi connectivity index (χ0v) is 15.8. The molecule has 0 aliphatic heterocycles. The van der Waals surface area contributed by atoms with Gasteiger partial charge in [-0.05, 0) is 37.1 Å². The van der Waals surface area contributed by atoms with E-state index in [1.54, 1.807) is 21.3 Å². The third-order valence-corrected chi connectivity index (χ3v) is 3.83. The lowest BCUT2D eigenvalue weighted by Gasteiger charge is -2.15. The van der Waals surface area contributed by atoms with Crippen LogP contribution in [0.2, 0.25) is 0 Å². The lowest BCUT2D eigenvalue weighted by molar-refractivity contribution is 0.311. The van der Waals surface area contributed by atoms with E-state index in [1.165, 1.54) is 0 Å². The average molecular weight is 357 g/mol. The molecule has 0 saturated heterocycles. The van der Waals surface area contributed by atoms with E-state index in [2.05, 4.69) is 21.7 Å². The van der Waals surface area contributed by atoms with Gasteiger partial charge in [-0.15, -0.1) is 0 Å². The van der Waals surface area contributed by atoms with E-state index in [4.69, 9.17) is 14.2 Å². The fourth-order valence-electron chi connectivity index (χ4n) is 2.56. The minimum Gasteiger partial charge on any atom is -0.496 e. The van der Waals surface area contributed by atoms with Gasteiger partial charge in [-0.1, -0.05) is 18.2 Å². The first-order chi connectivity index (χ1) is 12.7. The van der Waals surface area contributed by atoms with E-state index in [-0.39, 0.29) is 0 Å². The molecule has 2 N–H and O–H groups in total. The molecule has 0 amide bonds. The van der Waals surface area contributed by atoms with Crippen LogP contribution in [-0.2, 0) is 6.42 Å². The van der Waals surface area contributed by atoms with E-state index < -0.39 is 0 Å². The first-order valence-electron chi connectivity index (χ1n) is 8.62. The van der Waals surface area contributed by atoms with Crippen LogP contribution in [0.3, 0.4) is 0 Å². The van der Waals surface area contributed by atoms with Crippen molar-refractivity contribution in [2.75, 3.05) is 39.7 Å². The van der Waals surface area contributed by atoms with E-state index >= 15 is 0 Å². The Morgan fingerprint density at radius 3 is 2.46 bits per heavy atom. The Bertz CT molecular complexity index is 732. The van der Waals surface area contributed by atoms with Crippen LogP contribution in [0.1, 0.15) is 12.5 Å². The standard InChI is InChI=1S/C20H27N3O3/c1-5-26-18-11-10-16(14-19(18)25-4)23-20(21-2)22-13-12-15-8-6-7-9-17(15)24-3/h6-11,14H,5,12-13H2,1-4H3,(H2,21,22,23). The number of hydrogen-bond donors (Lipinski definition) is 2. The summed E-state index contributed by atoms with van der Waals surface area (Å²) in [5.74, 6) is 2.99. The van der Waals surface area contributed by atoms with Crippen molar-refractivity contribution in [1.29, 1.82) is 0 Å². The molecule has 0 aromatic heterocycles. The molecular formula is C20H27N3O3. The van der Waals surface area contributed by atoms with Crippen LogP contribution in [0.5, 0.6) is 17.2 Å². The summed E-state index contributed by atoms with van der Waals surface area (Å²) in [5.41, 5.74) is 2.02. The molecule has 2 rings (SSSR count). The number of ether oxygens (including phenoxy) is 3. The van der Waals surface area contributed by atoms with Crippen molar-refractivity contribution < 1.29 is 14.2 Å². The molecule has 2 aromatic rings. The minimum atomic E-state index is 0.593. The lowest BCUT2D eigenvalue weighted by atomic mass is 10.1. The zero-order chi connectivity index (χ0) is 18.8. The summed E-state index contributed by atoms with van der Waals surface area (Å²) in [7, 11) is 5.05. The lowest BCUT2D eigenvalue weighted by Crippen LogP contribution is -2.32. The summed E-state index contributed by atoms with van der Waals surface area (Å²) in [5, 5.41) is 6.57. The maximum Gasteiger partial charge on any atom is 0.195 e. The summed E-state index contributed by atoms with van der Waals surface area (Å²) in [4.78, 5) is 4.26. The van der Waals surface area contributed by atoms with E-state index in [0.29, 0.717) is 18.3 Å². The van der Waals surface area contributed by atoms with Crippen LogP contribution in [0.15, 0.2) is 47.5 Å². The first kappa shape index (κ1) is 19.4. The Labute approximate surface area is 155 Å². The van der Waals surface area contributed by atoms with Crippen LogP contribution in [0.25, 0.3) is 0 Å². The molecule has 2 aromatic carbocycles. The summed E-state index contributed by atoms with van der Waals surface area (Å²) in [6, 6.07) is 13.7. The summed E-state index contributed by atoms with van der Waals surface area (Å²) >= 11 is 0. The molecular weight excluding hydrogens is 330 g/mol. The molecule has 0 saturated carbocycles. The predicted molar refractivity (Wildman–Crippen MR) is 106 cm³/mol. The molecule has 0 bridgehead atoms. The van der Waals surface area contributed by atoms with Crippen molar-refractivity contribution in [2.24, 2.45) is 4.99 Å². The van der Waals surface area contributed by atoms with E-state index in [0.717, 1.165) is 35.7 Å². The van der Waals surface area contributed by atoms with Crippen LogP contribution < -0.4 is 24.8 Å². The predicted octanol–water partition coefficient (Wildman–Crippen LogP) is 3.33. The van der Waals surface area contributed by atoms with Gasteiger partial charge in [0.05, 0.1) is 20.8 Å². The van der Waals surface area contributed by atoms with Crippen LogP contribution in [0.4, 0.5) is 5.69 Å². The van der Waals surface area contributed by atoms with E-state index in [1.807, 2.05) is 43.3 Å². The van der Waals surface area contributed by atoms with Crippen LogP contribution in [0, 0.1) is 0 Å². The number of hydrogen-bond acceptors (Lipinski definition) is 4. The maximum absolute atomic E-state index is 5.54. The molecule has 26 heavy (non-hydrogen) atoms. The quantitative estimate of drug-likeness (QED) is 0.560. The topological polar surface area (TPSA) is 64.1 Å². The first-order valence-corrected chi connectivity index (χ1v) is 8.62. The van der Waals surface area contributed by atoms with Gasteiger partial charge in [0, 0.05) is 25.3 Å². The Morgan fingerprint density at radius 2 is 1.77 bits per heavy atom. The number of nitrogens with zero attached hydrogens (tertiary/aromatic N) is 1. The maximum atomic E-state index is 5.54. The number of methoxy groups -OCH3 is 2. The molecule has 0 fully saturated rings. The number of anilines is 1. The third kappa shape index (κ3) is 5.31. The van der Waals surface area contributed by atoms with Crippen molar-refractivity contribution in [3.63, 3.8) is 0 Å². The molecule has 0 atom stereocenters. The second-order valence-electron chi connectivity index (χ2n) is 5.48. The van der Waals surface area contributed by atoms with Gasteiger partial charge in [0.2, 0.25) is 0 Å². The fourth-order valence-corrected chi connectivity index (χ4v) is 2.56. The van der Waals surface area contributed by atoms with Crippen LogP contribution in [-0.4, -0.2) is 40.4 Å². The fraction of sp³-hybridized carbons (Fsp3) is 0.350. The van der Waals surface area contributed by atoms with Crippen molar-refractivity contribution in [1.82, 2.24) is 5.32 Å². The highest BCUT2D eigenvalue weighted by molar-refractivity contribution is 5.93. The Hall–Kier alpha value is -2.89. The molecule has 0 unspecified atom stereocenters. The number of rotatable bonds is 8. The SMILES string of the molecule is CCOc1ccc(NC(=NC)NCCc2ccccc2OC)cc1OC. The normalized spacial score (nSPS) is 11.0. The van der Waals surface area contributed by atoms with Crippen molar-refractivity contribution >= 4 is 11.6 Å². The minimum absolute atomic E-state index is 0.593. The molecule has 0 aliphatic rings. The van der Waals surface area contributed by atoms with Gasteiger partial charge in [0.15, 0.2) is 17.5 Å². The smallest absolute Gasteiger partial charge is 0.195 e. The number of aliphatic imine (C=N–C) groups is 1. The number of nitrogens with one attached hydrogen (secondary N) is 2. The molecule has 6 nitrogen and oxygen atoms in total. The second kappa shape index (κ2) is 10.2. The van der Waals surface area contributed by atoms with Gasteiger partial charge in [0.25, 0.3) is 0 Å². The Balaban J connectivity index is 1.95. The van der Waals surface area contributed by atoms with Crippen molar-refractivity contribution in [3.05, 3.63) is 48.0 Å². The molecule has 0 aliphatic carbocycles. The highest BCUT2D eigenvalue weighted by Crippen LogP contribution is 2.30. The molecule has 0 spiro atoms. The Kier molecular flexibility index (Phi) is 7.61. The van der Waals surface area contributed by atoms with E-state index in [9.17, 15) is 0 Å². The average Bonchev–Trinajstić information content (AvgIpc) is 2.68. The zero-order valence-electron chi connectivity index (χ0n) is 15.8. The highest BCUT2D eigenvalue weighted by atomic mass is 16.5. The van der Waals surface area contributed by atoms with Gasteiger partial charge in [-0.2, -0.15) is 0 Å². The van der Waals surface area contributed by atoms with Gasteiger partial charge < -0.3 is 24.8 Å². The number of benzene rings is 2. The van der Waals surface area contributed by atoms with Gasteiger partial charge in [-0.3, -0.25) is 4.99 Å². The largest absolute Gasteiger partial charge is 0.496 e. The van der Waals surface area contributed by atoms with Gasteiger partial charge >= 0.3 is 0 Å². The van der Waals surface area contributed by atoms with Gasteiger partial charge in [0.1, 0.15) is 5.75 Å².